The van der Waals surface area contributed by atoms with Crippen LogP contribution in [-0.4, -0.2) is 41.5 Å². The van der Waals surface area contributed by atoms with E-state index in [9.17, 15) is 4.79 Å². The Morgan fingerprint density at radius 2 is 2.47 bits per heavy atom. The lowest BCUT2D eigenvalue weighted by Crippen LogP contribution is -2.51. The second-order valence-corrected chi connectivity index (χ2v) is 4.64. The molecule has 1 saturated heterocycles. The van der Waals surface area contributed by atoms with Gasteiger partial charge in [-0.2, -0.15) is 0 Å². The average molecular weight is 233 g/mol. The topological polar surface area (TPSA) is 45.2 Å². The van der Waals surface area contributed by atoms with Crippen molar-refractivity contribution >= 4 is 5.91 Å². The van der Waals surface area contributed by atoms with Crippen LogP contribution in [0.1, 0.15) is 18.2 Å². The van der Waals surface area contributed by atoms with Crippen molar-refractivity contribution in [2.75, 3.05) is 19.6 Å². The summed E-state index contributed by atoms with van der Waals surface area (Å²) in [5.74, 6) is 0.181. The summed E-state index contributed by atoms with van der Waals surface area (Å²) < 4.78 is 0. The molecule has 1 aliphatic rings. The minimum absolute atomic E-state index is 0.181. The predicted octanol–water partition coefficient (Wildman–Crippen LogP) is 0.753. The molecule has 0 saturated carbocycles. The summed E-state index contributed by atoms with van der Waals surface area (Å²) in [4.78, 5) is 18.3. The van der Waals surface area contributed by atoms with Gasteiger partial charge in [0.05, 0.1) is 12.1 Å². The first-order chi connectivity index (χ1) is 8.16. The van der Waals surface area contributed by atoms with Crippen molar-refractivity contribution in [3.63, 3.8) is 0 Å². The van der Waals surface area contributed by atoms with Crippen LogP contribution in [0.25, 0.3) is 0 Å². The average Bonchev–Trinajstić information content (AvgIpc) is 2.32. The van der Waals surface area contributed by atoms with E-state index in [1.54, 1.807) is 6.20 Å². The Morgan fingerprint density at radius 1 is 1.65 bits per heavy atom. The van der Waals surface area contributed by atoms with Crippen LogP contribution in [0.3, 0.4) is 0 Å². The first-order valence-corrected chi connectivity index (χ1v) is 6.08. The van der Waals surface area contributed by atoms with E-state index < -0.39 is 0 Å². The highest BCUT2D eigenvalue weighted by Gasteiger charge is 2.21. The standard InChI is InChI=1S/C13H19N3O/c1-10-4-3-5-15-12(10)8-13(17)16-7-6-14-11(2)9-16/h3-5,11,14H,6-9H2,1-2H3/t11-/m1/s1. The maximum atomic E-state index is 12.1. The first-order valence-electron chi connectivity index (χ1n) is 6.08. The largest absolute Gasteiger partial charge is 0.340 e. The molecule has 0 unspecified atom stereocenters. The van der Waals surface area contributed by atoms with E-state index in [-0.39, 0.29) is 5.91 Å². The number of rotatable bonds is 2. The molecule has 2 rings (SSSR count). The third kappa shape index (κ3) is 3.03. The SMILES string of the molecule is Cc1cccnc1CC(=O)N1CCN[C@H](C)C1. The van der Waals surface area contributed by atoms with Crippen molar-refractivity contribution in [3.05, 3.63) is 29.6 Å². The smallest absolute Gasteiger partial charge is 0.228 e. The van der Waals surface area contributed by atoms with Crippen LogP contribution < -0.4 is 5.32 Å². The molecular weight excluding hydrogens is 214 g/mol. The summed E-state index contributed by atoms with van der Waals surface area (Å²) in [6, 6.07) is 4.28. The van der Waals surface area contributed by atoms with Gasteiger partial charge in [-0.1, -0.05) is 6.07 Å². The Balaban J connectivity index is 1.99. The van der Waals surface area contributed by atoms with Crippen molar-refractivity contribution in [3.8, 4) is 0 Å². The minimum atomic E-state index is 0.181. The van der Waals surface area contributed by atoms with Crippen LogP contribution >= 0.6 is 0 Å². The lowest BCUT2D eigenvalue weighted by molar-refractivity contribution is -0.131. The summed E-state index contributed by atoms with van der Waals surface area (Å²) in [5.41, 5.74) is 1.98. The van der Waals surface area contributed by atoms with Gasteiger partial charge in [-0.05, 0) is 25.5 Å². The van der Waals surface area contributed by atoms with Crippen molar-refractivity contribution in [2.45, 2.75) is 26.3 Å². The van der Waals surface area contributed by atoms with Crippen LogP contribution in [-0.2, 0) is 11.2 Å². The Bertz CT molecular complexity index is 405. The molecule has 0 bridgehead atoms. The van der Waals surface area contributed by atoms with Crippen LogP contribution in [0.4, 0.5) is 0 Å². The van der Waals surface area contributed by atoms with Gasteiger partial charge in [0.15, 0.2) is 0 Å². The molecule has 1 N–H and O–H groups in total. The number of hydrogen-bond donors (Lipinski definition) is 1. The fraction of sp³-hybridized carbons (Fsp3) is 0.538. The molecule has 1 aliphatic heterocycles. The van der Waals surface area contributed by atoms with E-state index in [1.165, 1.54) is 0 Å². The fourth-order valence-electron chi connectivity index (χ4n) is 2.12. The van der Waals surface area contributed by atoms with E-state index in [2.05, 4.69) is 17.2 Å². The van der Waals surface area contributed by atoms with E-state index in [4.69, 9.17) is 0 Å². The highest BCUT2D eigenvalue weighted by Crippen LogP contribution is 2.07. The number of nitrogens with zero attached hydrogens (tertiary/aromatic N) is 2. The minimum Gasteiger partial charge on any atom is -0.340 e. The fourth-order valence-corrected chi connectivity index (χ4v) is 2.12. The molecule has 1 aromatic rings. The summed E-state index contributed by atoms with van der Waals surface area (Å²) in [7, 11) is 0. The number of carbonyl (C=O) groups is 1. The Kier molecular flexibility index (Phi) is 3.74. The highest BCUT2D eigenvalue weighted by molar-refractivity contribution is 5.78. The molecule has 0 aromatic carbocycles. The molecule has 1 fully saturated rings. The zero-order valence-electron chi connectivity index (χ0n) is 10.4. The van der Waals surface area contributed by atoms with Crippen molar-refractivity contribution in [2.24, 2.45) is 0 Å². The highest BCUT2D eigenvalue weighted by atomic mass is 16.2. The monoisotopic (exact) mass is 233 g/mol. The molecule has 0 radical (unpaired) electrons. The molecule has 1 atom stereocenters. The van der Waals surface area contributed by atoms with Gasteiger partial charge in [-0.15, -0.1) is 0 Å². The van der Waals surface area contributed by atoms with Crippen molar-refractivity contribution < 1.29 is 4.79 Å². The molecule has 92 valence electrons. The van der Waals surface area contributed by atoms with Crippen LogP contribution in [0, 0.1) is 6.92 Å². The quantitative estimate of drug-likeness (QED) is 0.820. The van der Waals surface area contributed by atoms with Crippen LogP contribution in [0.5, 0.6) is 0 Å². The van der Waals surface area contributed by atoms with Gasteiger partial charge in [0, 0.05) is 31.9 Å². The van der Waals surface area contributed by atoms with Gasteiger partial charge >= 0.3 is 0 Å². The number of piperazine rings is 1. The number of aromatic nitrogens is 1. The van der Waals surface area contributed by atoms with Gasteiger partial charge in [0.1, 0.15) is 0 Å². The Morgan fingerprint density at radius 3 is 3.18 bits per heavy atom. The molecular formula is C13H19N3O. The molecule has 17 heavy (non-hydrogen) atoms. The molecule has 0 aliphatic carbocycles. The third-order valence-electron chi connectivity index (χ3n) is 3.16. The van der Waals surface area contributed by atoms with E-state index in [0.29, 0.717) is 12.5 Å². The summed E-state index contributed by atoms with van der Waals surface area (Å²) >= 11 is 0. The van der Waals surface area contributed by atoms with Crippen LogP contribution in [0.15, 0.2) is 18.3 Å². The van der Waals surface area contributed by atoms with Crippen molar-refractivity contribution in [1.29, 1.82) is 0 Å². The first kappa shape index (κ1) is 12.0. The zero-order chi connectivity index (χ0) is 12.3. The number of hydrogen-bond acceptors (Lipinski definition) is 3. The maximum absolute atomic E-state index is 12.1. The van der Waals surface area contributed by atoms with E-state index >= 15 is 0 Å². The summed E-state index contributed by atoms with van der Waals surface area (Å²) in [5, 5.41) is 3.33. The van der Waals surface area contributed by atoms with Crippen LogP contribution in [0.2, 0.25) is 0 Å². The number of amides is 1. The number of nitrogens with one attached hydrogen (secondary N) is 1. The second-order valence-electron chi connectivity index (χ2n) is 4.64. The number of aryl methyl sites for hydroxylation is 1. The lowest BCUT2D eigenvalue weighted by atomic mass is 10.1. The zero-order valence-corrected chi connectivity index (χ0v) is 10.4. The van der Waals surface area contributed by atoms with Gasteiger partial charge in [0.2, 0.25) is 5.91 Å². The molecule has 4 heteroatoms. The normalized spacial score (nSPS) is 20.4. The molecule has 2 heterocycles. The molecule has 4 nitrogen and oxygen atoms in total. The predicted molar refractivity (Wildman–Crippen MR) is 66.7 cm³/mol. The number of carbonyl (C=O) groups excluding carboxylic acids is 1. The van der Waals surface area contributed by atoms with Gasteiger partial charge in [-0.25, -0.2) is 0 Å². The lowest BCUT2D eigenvalue weighted by Gasteiger charge is -2.32. The van der Waals surface area contributed by atoms with Gasteiger partial charge in [-0.3, -0.25) is 9.78 Å². The Hall–Kier alpha value is -1.42. The molecule has 1 amide bonds. The second kappa shape index (κ2) is 5.27. The summed E-state index contributed by atoms with van der Waals surface area (Å²) in [6.07, 6.45) is 2.16. The third-order valence-corrected chi connectivity index (χ3v) is 3.16. The van der Waals surface area contributed by atoms with E-state index in [1.807, 2.05) is 24.0 Å². The summed E-state index contributed by atoms with van der Waals surface area (Å²) in [6.45, 7) is 6.58. The number of pyridine rings is 1. The van der Waals surface area contributed by atoms with Gasteiger partial charge < -0.3 is 10.2 Å². The Labute approximate surface area is 102 Å². The van der Waals surface area contributed by atoms with Crippen molar-refractivity contribution in [1.82, 2.24) is 15.2 Å². The molecule has 0 spiro atoms. The maximum Gasteiger partial charge on any atom is 0.228 e. The van der Waals surface area contributed by atoms with E-state index in [0.717, 1.165) is 30.9 Å². The van der Waals surface area contributed by atoms with Gasteiger partial charge in [0.25, 0.3) is 0 Å². The molecule has 1 aromatic heterocycles.